The maximum Gasteiger partial charge on any atom is 0.269 e. The molecule has 1 aliphatic heterocycles. The maximum absolute atomic E-state index is 12.4. The zero-order valence-corrected chi connectivity index (χ0v) is 17.1. The van der Waals surface area contributed by atoms with Gasteiger partial charge in [-0.25, -0.2) is 4.98 Å². The first-order chi connectivity index (χ1) is 13.9. The molecule has 0 aliphatic carbocycles. The molecule has 1 saturated heterocycles. The van der Waals surface area contributed by atoms with E-state index in [1.807, 2.05) is 11.0 Å². The lowest BCUT2D eigenvalue weighted by molar-refractivity contribution is -0.384. The molecule has 1 fully saturated rings. The summed E-state index contributed by atoms with van der Waals surface area (Å²) >= 11 is 3.30. The number of anilines is 2. The number of aromatic nitrogens is 1. The molecule has 10 heteroatoms. The largest absolute Gasteiger partial charge is 0.325 e. The van der Waals surface area contributed by atoms with Gasteiger partial charge in [-0.05, 0) is 66.1 Å². The number of non-ortho nitro benzene ring substituents is 1. The summed E-state index contributed by atoms with van der Waals surface area (Å²) < 4.78 is 0.843. The van der Waals surface area contributed by atoms with Crippen LogP contribution in [0.2, 0.25) is 0 Å². The zero-order chi connectivity index (χ0) is 20.8. The molecule has 0 bridgehead atoms. The summed E-state index contributed by atoms with van der Waals surface area (Å²) in [5.41, 5.74) is 0.485. The number of hydrogen-bond acceptors (Lipinski definition) is 6. The number of nitrogens with zero attached hydrogens (tertiary/aromatic N) is 3. The third-order valence-corrected chi connectivity index (χ3v) is 5.14. The number of carbonyl (C=O) groups is 2. The van der Waals surface area contributed by atoms with E-state index in [4.69, 9.17) is 0 Å². The van der Waals surface area contributed by atoms with Crippen LogP contribution in [0.1, 0.15) is 12.8 Å². The molecule has 0 atom stereocenters. The molecule has 2 heterocycles. The normalized spacial score (nSPS) is 14.9. The van der Waals surface area contributed by atoms with Crippen LogP contribution in [-0.2, 0) is 9.59 Å². The highest BCUT2D eigenvalue weighted by Gasteiger charge is 2.26. The number of amides is 2. The van der Waals surface area contributed by atoms with Crippen LogP contribution in [0.5, 0.6) is 0 Å². The van der Waals surface area contributed by atoms with Gasteiger partial charge in [-0.1, -0.05) is 0 Å². The molecule has 29 heavy (non-hydrogen) atoms. The molecular formula is C19H20BrN5O4. The standard InChI is InChI=1S/C19H20BrN5O4/c20-14-1-6-17(21-11-14)23-19(27)13-7-9-24(10-8-13)12-18(26)22-15-2-4-16(5-3-15)25(28)29/h1-6,11,13H,7-10,12H2,(H,22,26)(H,21,23,27). The van der Waals surface area contributed by atoms with Crippen molar-refractivity contribution < 1.29 is 14.5 Å². The number of carbonyl (C=O) groups excluding carboxylic acids is 2. The van der Waals surface area contributed by atoms with E-state index in [2.05, 4.69) is 31.5 Å². The Bertz CT molecular complexity index is 880. The Morgan fingerprint density at radius 3 is 2.41 bits per heavy atom. The summed E-state index contributed by atoms with van der Waals surface area (Å²) in [5.74, 6) is 0.146. The minimum atomic E-state index is -0.487. The molecule has 2 N–H and O–H groups in total. The number of nitro benzene ring substituents is 1. The van der Waals surface area contributed by atoms with Gasteiger partial charge in [0.25, 0.3) is 5.69 Å². The van der Waals surface area contributed by atoms with Gasteiger partial charge >= 0.3 is 0 Å². The highest BCUT2D eigenvalue weighted by atomic mass is 79.9. The van der Waals surface area contributed by atoms with Crippen molar-refractivity contribution in [2.75, 3.05) is 30.3 Å². The molecule has 2 aromatic rings. The van der Waals surface area contributed by atoms with Crippen LogP contribution >= 0.6 is 15.9 Å². The van der Waals surface area contributed by atoms with Crippen molar-refractivity contribution in [1.82, 2.24) is 9.88 Å². The molecule has 3 rings (SSSR count). The lowest BCUT2D eigenvalue weighted by atomic mass is 9.96. The van der Waals surface area contributed by atoms with Crippen molar-refractivity contribution in [3.05, 3.63) is 57.2 Å². The summed E-state index contributed by atoms with van der Waals surface area (Å²) in [5, 5.41) is 16.2. The van der Waals surface area contributed by atoms with Gasteiger partial charge in [-0.2, -0.15) is 0 Å². The van der Waals surface area contributed by atoms with E-state index in [1.165, 1.54) is 24.3 Å². The molecule has 0 unspecified atom stereocenters. The highest BCUT2D eigenvalue weighted by Crippen LogP contribution is 2.20. The monoisotopic (exact) mass is 461 g/mol. The van der Waals surface area contributed by atoms with Crippen LogP contribution < -0.4 is 10.6 Å². The Kier molecular flexibility index (Phi) is 6.89. The SMILES string of the molecule is O=C(CN1CCC(C(=O)Nc2ccc(Br)cn2)CC1)Nc1ccc([N+](=O)[O-])cc1. The number of benzene rings is 1. The smallest absolute Gasteiger partial charge is 0.269 e. The number of piperidine rings is 1. The van der Waals surface area contributed by atoms with Gasteiger partial charge in [0, 0.05) is 34.4 Å². The minimum Gasteiger partial charge on any atom is -0.325 e. The van der Waals surface area contributed by atoms with E-state index in [0.29, 0.717) is 37.4 Å². The third-order valence-electron chi connectivity index (χ3n) is 4.67. The second kappa shape index (κ2) is 9.57. The van der Waals surface area contributed by atoms with Crippen LogP contribution in [0.4, 0.5) is 17.2 Å². The van der Waals surface area contributed by atoms with Gasteiger partial charge in [0.2, 0.25) is 11.8 Å². The second-order valence-electron chi connectivity index (χ2n) is 6.75. The first-order valence-electron chi connectivity index (χ1n) is 9.10. The zero-order valence-electron chi connectivity index (χ0n) is 15.5. The van der Waals surface area contributed by atoms with Crippen LogP contribution in [0.25, 0.3) is 0 Å². The second-order valence-corrected chi connectivity index (χ2v) is 7.67. The van der Waals surface area contributed by atoms with Gasteiger partial charge in [-0.3, -0.25) is 24.6 Å². The van der Waals surface area contributed by atoms with Gasteiger partial charge < -0.3 is 10.6 Å². The predicted molar refractivity (Wildman–Crippen MR) is 111 cm³/mol. The average molecular weight is 462 g/mol. The van der Waals surface area contributed by atoms with E-state index in [9.17, 15) is 19.7 Å². The van der Waals surface area contributed by atoms with Crippen molar-refractivity contribution >= 4 is 44.9 Å². The van der Waals surface area contributed by atoms with Crippen LogP contribution in [-0.4, -0.2) is 46.3 Å². The van der Waals surface area contributed by atoms with Crippen molar-refractivity contribution in [2.24, 2.45) is 5.92 Å². The van der Waals surface area contributed by atoms with Crippen LogP contribution in [0, 0.1) is 16.0 Å². The first kappa shape index (κ1) is 20.9. The molecule has 1 aliphatic rings. The number of likely N-dealkylation sites (tertiary alicyclic amines) is 1. The third kappa shape index (κ3) is 6.06. The molecule has 1 aromatic heterocycles. The lowest BCUT2D eigenvalue weighted by Gasteiger charge is -2.30. The summed E-state index contributed by atoms with van der Waals surface area (Å²) in [6, 6.07) is 9.25. The Morgan fingerprint density at radius 2 is 1.83 bits per heavy atom. The van der Waals surface area contributed by atoms with E-state index in [-0.39, 0.29) is 30.0 Å². The fraction of sp³-hybridized carbons (Fsp3) is 0.316. The average Bonchev–Trinajstić information content (AvgIpc) is 2.70. The number of nitrogens with one attached hydrogen (secondary N) is 2. The van der Waals surface area contributed by atoms with Crippen molar-refractivity contribution in [3.8, 4) is 0 Å². The Labute approximate surface area is 175 Å². The van der Waals surface area contributed by atoms with E-state index in [1.54, 1.807) is 12.3 Å². The number of nitro groups is 1. The molecule has 2 amide bonds. The summed E-state index contributed by atoms with van der Waals surface area (Å²) in [6.07, 6.45) is 2.95. The van der Waals surface area contributed by atoms with Crippen molar-refractivity contribution in [1.29, 1.82) is 0 Å². The fourth-order valence-corrected chi connectivity index (χ4v) is 3.34. The Balaban J connectivity index is 1.43. The van der Waals surface area contributed by atoms with Gasteiger partial charge in [0.05, 0.1) is 11.5 Å². The highest BCUT2D eigenvalue weighted by molar-refractivity contribution is 9.10. The molecule has 0 spiro atoms. The molecular weight excluding hydrogens is 442 g/mol. The summed E-state index contributed by atoms with van der Waals surface area (Å²) in [6.45, 7) is 1.48. The number of halogens is 1. The lowest BCUT2D eigenvalue weighted by Crippen LogP contribution is -2.41. The molecule has 0 saturated carbocycles. The number of rotatable bonds is 6. The first-order valence-corrected chi connectivity index (χ1v) is 9.89. The maximum atomic E-state index is 12.4. The van der Waals surface area contributed by atoms with E-state index in [0.717, 1.165) is 4.47 Å². The molecule has 152 valence electrons. The van der Waals surface area contributed by atoms with E-state index >= 15 is 0 Å². The van der Waals surface area contributed by atoms with Crippen molar-refractivity contribution in [2.45, 2.75) is 12.8 Å². The summed E-state index contributed by atoms with van der Waals surface area (Å²) in [4.78, 5) is 40.9. The van der Waals surface area contributed by atoms with Gasteiger partial charge in [0.1, 0.15) is 5.82 Å². The van der Waals surface area contributed by atoms with Crippen LogP contribution in [0.3, 0.4) is 0 Å². The topological polar surface area (TPSA) is 117 Å². The predicted octanol–water partition coefficient (Wildman–Crippen LogP) is 3.04. The van der Waals surface area contributed by atoms with Gasteiger partial charge in [0.15, 0.2) is 0 Å². The quantitative estimate of drug-likeness (QED) is 0.504. The number of hydrogen-bond donors (Lipinski definition) is 2. The molecule has 0 radical (unpaired) electrons. The fourth-order valence-electron chi connectivity index (χ4n) is 3.10. The Hall–Kier alpha value is -2.85. The Morgan fingerprint density at radius 1 is 1.14 bits per heavy atom. The number of pyridine rings is 1. The van der Waals surface area contributed by atoms with Crippen molar-refractivity contribution in [3.63, 3.8) is 0 Å². The molecule has 1 aromatic carbocycles. The van der Waals surface area contributed by atoms with Gasteiger partial charge in [-0.15, -0.1) is 0 Å². The molecule has 9 nitrogen and oxygen atoms in total. The van der Waals surface area contributed by atoms with E-state index < -0.39 is 4.92 Å². The summed E-state index contributed by atoms with van der Waals surface area (Å²) in [7, 11) is 0. The minimum absolute atomic E-state index is 0.0262. The van der Waals surface area contributed by atoms with Crippen LogP contribution in [0.15, 0.2) is 47.1 Å².